The normalized spacial score (nSPS) is 11.5. The molecular formula is C23H22N4O6S. The largest absolute Gasteiger partial charge is 0.490 e. The fraction of sp³-hybridized carbons (Fsp3) is 0.174. The van der Waals surface area contributed by atoms with Gasteiger partial charge in [0.05, 0.1) is 16.9 Å². The number of methoxy groups -OCH3 is 1. The van der Waals surface area contributed by atoms with Crippen molar-refractivity contribution in [2.45, 2.75) is 11.8 Å². The topological polar surface area (TPSA) is 125 Å². The van der Waals surface area contributed by atoms with Crippen molar-refractivity contribution in [1.82, 2.24) is 8.54 Å². The number of fused-ring (bicyclic) bond motifs is 1. The Morgan fingerprint density at radius 3 is 2.32 bits per heavy atom. The van der Waals surface area contributed by atoms with Crippen LogP contribution in [0, 0.1) is 17.0 Å². The lowest BCUT2D eigenvalue weighted by Gasteiger charge is -2.14. The molecule has 0 spiro atoms. The Bertz CT molecular complexity index is 1600. The van der Waals surface area contributed by atoms with E-state index in [1.54, 1.807) is 25.2 Å². The van der Waals surface area contributed by atoms with Gasteiger partial charge in [0.2, 0.25) is 5.75 Å². The summed E-state index contributed by atoms with van der Waals surface area (Å²) >= 11 is 0. The van der Waals surface area contributed by atoms with Gasteiger partial charge in [0.25, 0.3) is 15.6 Å². The molecule has 0 aliphatic carbocycles. The molecule has 34 heavy (non-hydrogen) atoms. The number of nitro groups is 1. The van der Waals surface area contributed by atoms with Crippen LogP contribution in [-0.2, 0) is 17.1 Å². The van der Waals surface area contributed by atoms with Gasteiger partial charge in [-0.15, -0.1) is 0 Å². The van der Waals surface area contributed by atoms with Gasteiger partial charge in [-0.3, -0.25) is 14.9 Å². The van der Waals surface area contributed by atoms with E-state index in [4.69, 9.17) is 4.74 Å². The molecule has 4 rings (SSSR count). The number of hydrogen-bond donors (Lipinski definition) is 1. The fourth-order valence-electron chi connectivity index (χ4n) is 3.94. The third-order valence-electron chi connectivity index (χ3n) is 5.64. The average Bonchev–Trinajstić information content (AvgIpc) is 3.27. The molecule has 0 aliphatic heterocycles. The van der Waals surface area contributed by atoms with Gasteiger partial charge in [-0.1, -0.05) is 17.7 Å². The van der Waals surface area contributed by atoms with E-state index < -0.39 is 20.5 Å². The Morgan fingerprint density at radius 1 is 1.06 bits per heavy atom. The highest BCUT2D eigenvalue weighted by Gasteiger charge is 2.28. The highest BCUT2D eigenvalue weighted by molar-refractivity contribution is 7.90. The summed E-state index contributed by atoms with van der Waals surface area (Å²) in [6, 6.07) is 11.0. The highest BCUT2D eigenvalue weighted by atomic mass is 32.2. The van der Waals surface area contributed by atoms with E-state index in [1.165, 1.54) is 55.4 Å². The molecule has 0 aliphatic rings. The lowest BCUT2D eigenvalue weighted by Crippen LogP contribution is -2.22. The quantitative estimate of drug-likeness (QED) is 0.329. The van der Waals surface area contributed by atoms with E-state index in [-0.39, 0.29) is 27.5 Å². The van der Waals surface area contributed by atoms with E-state index in [9.17, 15) is 23.3 Å². The molecule has 2 aromatic carbocycles. The van der Waals surface area contributed by atoms with Crippen molar-refractivity contribution in [3.8, 4) is 16.9 Å². The summed E-state index contributed by atoms with van der Waals surface area (Å²) in [6.45, 7) is 1.84. The summed E-state index contributed by atoms with van der Waals surface area (Å²) in [7, 11) is 0.293. The molecule has 0 fully saturated rings. The maximum atomic E-state index is 13.4. The smallest absolute Gasteiger partial charge is 0.334 e. The number of benzene rings is 2. The number of nitrogens with one attached hydrogen (secondary N) is 1. The maximum Gasteiger partial charge on any atom is 0.334 e. The van der Waals surface area contributed by atoms with Crippen molar-refractivity contribution in [1.29, 1.82) is 0 Å². The first-order valence-corrected chi connectivity index (χ1v) is 11.6. The van der Waals surface area contributed by atoms with E-state index in [0.717, 1.165) is 9.54 Å². The van der Waals surface area contributed by atoms with E-state index in [2.05, 4.69) is 5.32 Å². The number of aromatic nitrogens is 2. The van der Waals surface area contributed by atoms with E-state index >= 15 is 0 Å². The Kier molecular flexibility index (Phi) is 5.65. The van der Waals surface area contributed by atoms with Crippen LogP contribution in [0.5, 0.6) is 5.75 Å². The van der Waals surface area contributed by atoms with Crippen molar-refractivity contribution in [2.75, 3.05) is 19.5 Å². The van der Waals surface area contributed by atoms with Crippen molar-refractivity contribution in [2.24, 2.45) is 7.05 Å². The minimum atomic E-state index is -4.07. The van der Waals surface area contributed by atoms with Crippen molar-refractivity contribution < 1.29 is 18.1 Å². The second kappa shape index (κ2) is 8.34. The van der Waals surface area contributed by atoms with Gasteiger partial charge < -0.3 is 14.6 Å². The number of nitro benzene ring substituents is 1. The minimum absolute atomic E-state index is 0.00839. The van der Waals surface area contributed by atoms with Gasteiger partial charge in [-0.25, -0.2) is 12.4 Å². The SMILES string of the molecule is CNc1ccc(-c2cn(C)c(=O)c3c2ccn3S(=O)(=O)c2ccc(C)cc2)c(OC)c1[N+](=O)[O-]. The zero-order valence-electron chi connectivity index (χ0n) is 18.9. The minimum Gasteiger partial charge on any atom is -0.490 e. The summed E-state index contributed by atoms with van der Waals surface area (Å²) in [5.74, 6) is -0.00839. The number of pyridine rings is 1. The molecule has 2 heterocycles. The van der Waals surface area contributed by atoms with Gasteiger partial charge in [0.1, 0.15) is 11.2 Å². The first-order chi connectivity index (χ1) is 16.1. The number of ether oxygens (including phenoxy) is 1. The lowest BCUT2D eigenvalue weighted by molar-refractivity contribution is -0.384. The number of anilines is 1. The fourth-order valence-corrected chi connectivity index (χ4v) is 5.29. The van der Waals surface area contributed by atoms with Gasteiger partial charge in [-0.05, 0) is 37.3 Å². The summed E-state index contributed by atoms with van der Waals surface area (Å²) in [5.41, 5.74) is 1.05. The Morgan fingerprint density at radius 2 is 1.74 bits per heavy atom. The molecule has 0 atom stereocenters. The Hall–Kier alpha value is -4.12. The molecule has 4 aromatic rings. The molecule has 1 N–H and O–H groups in total. The second-order valence-electron chi connectivity index (χ2n) is 7.70. The maximum absolute atomic E-state index is 13.4. The monoisotopic (exact) mass is 482 g/mol. The predicted molar refractivity (Wildman–Crippen MR) is 129 cm³/mol. The molecule has 11 heteroatoms. The zero-order valence-corrected chi connectivity index (χ0v) is 19.7. The molecule has 176 valence electrons. The Balaban J connectivity index is 2.06. The molecule has 2 aromatic heterocycles. The number of hydrogen-bond acceptors (Lipinski definition) is 7. The molecule has 10 nitrogen and oxygen atoms in total. The van der Waals surface area contributed by atoms with Crippen LogP contribution in [0.1, 0.15) is 5.56 Å². The third-order valence-corrected chi connectivity index (χ3v) is 7.33. The summed E-state index contributed by atoms with van der Waals surface area (Å²) in [5, 5.41) is 14.9. The van der Waals surface area contributed by atoms with Gasteiger partial charge in [0, 0.05) is 43.0 Å². The molecule has 0 saturated heterocycles. The predicted octanol–water partition coefficient (Wildman–Crippen LogP) is 3.51. The van der Waals surface area contributed by atoms with Crippen LogP contribution >= 0.6 is 0 Å². The Labute approximate surface area is 195 Å². The number of rotatable bonds is 6. The van der Waals surface area contributed by atoms with Gasteiger partial charge in [0.15, 0.2) is 0 Å². The van der Waals surface area contributed by atoms with Gasteiger partial charge in [-0.2, -0.15) is 0 Å². The molecule has 0 unspecified atom stereocenters. The van der Waals surface area contributed by atoms with Crippen LogP contribution in [-0.4, -0.2) is 36.0 Å². The van der Waals surface area contributed by atoms with Crippen molar-refractivity contribution in [3.05, 3.63) is 80.9 Å². The summed E-state index contributed by atoms with van der Waals surface area (Å²) in [6.07, 6.45) is 2.82. The lowest BCUT2D eigenvalue weighted by atomic mass is 10.0. The molecule has 0 amide bonds. The third kappa shape index (κ3) is 3.50. The molecular weight excluding hydrogens is 460 g/mol. The van der Waals surface area contributed by atoms with Crippen LogP contribution in [0.15, 0.2) is 64.5 Å². The molecule has 0 saturated carbocycles. The zero-order chi connectivity index (χ0) is 24.8. The van der Waals surface area contributed by atoms with Crippen LogP contribution in [0.2, 0.25) is 0 Å². The standard InChI is InChI=1S/C23H22N4O6S/c1-14-5-7-15(8-6-14)34(31,32)26-12-11-16-18(13-25(3)23(28)20(16)26)17-9-10-19(24-2)21(27(29)30)22(17)33-4/h5-13,24H,1-4H3. The van der Waals surface area contributed by atoms with Crippen molar-refractivity contribution in [3.63, 3.8) is 0 Å². The van der Waals surface area contributed by atoms with E-state index in [1.807, 2.05) is 6.92 Å². The van der Waals surface area contributed by atoms with Crippen LogP contribution in [0.3, 0.4) is 0 Å². The summed E-state index contributed by atoms with van der Waals surface area (Å²) < 4.78 is 34.4. The number of nitrogens with zero attached hydrogens (tertiary/aromatic N) is 3. The first kappa shape index (κ1) is 23.1. The highest BCUT2D eigenvalue weighted by Crippen LogP contribution is 2.44. The van der Waals surface area contributed by atoms with E-state index in [0.29, 0.717) is 16.5 Å². The number of aryl methyl sites for hydroxylation is 2. The van der Waals surface area contributed by atoms with Crippen LogP contribution in [0.25, 0.3) is 22.0 Å². The molecule has 0 bridgehead atoms. The van der Waals surface area contributed by atoms with Crippen LogP contribution in [0.4, 0.5) is 11.4 Å². The summed E-state index contributed by atoms with van der Waals surface area (Å²) in [4.78, 5) is 24.4. The first-order valence-electron chi connectivity index (χ1n) is 10.2. The molecule has 0 radical (unpaired) electrons. The van der Waals surface area contributed by atoms with Gasteiger partial charge >= 0.3 is 5.69 Å². The van der Waals surface area contributed by atoms with Crippen LogP contribution < -0.4 is 15.6 Å². The van der Waals surface area contributed by atoms with Crippen molar-refractivity contribution >= 4 is 32.3 Å². The second-order valence-corrected chi connectivity index (χ2v) is 9.52. The average molecular weight is 483 g/mol.